The third-order valence-corrected chi connectivity index (χ3v) is 3.88. The number of piperidine rings is 2. The smallest absolute Gasteiger partial charge is 0.407 e. The number of alkyl halides is 1. The number of hydrogen-bond donors (Lipinski definition) is 4. The molecule has 2 aliphatic heterocycles. The molecule has 0 aromatic heterocycles. The van der Waals surface area contributed by atoms with Gasteiger partial charge in [-0.25, -0.2) is 4.79 Å². The van der Waals surface area contributed by atoms with Crippen LogP contribution >= 0.6 is 15.9 Å². The van der Waals surface area contributed by atoms with Crippen LogP contribution in [-0.4, -0.2) is 69.5 Å². The molecule has 2 rings (SSSR count). The Bertz CT molecular complexity index is 240. The predicted molar refractivity (Wildman–Crippen MR) is 71.0 cm³/mol. The number of aliphatic hydroxyl groups excluding tert-OH is 2. The Labute approximate surface area is 115 Å². The molecule has 4 N–H and O–H groups in total. The van der Waals surface area contributed by atoms with E-state index in [4.69, 9.17) is 5.11 Å². The number of amides is 1. The number of β-amino-alcohol motifs (C(OH)–C–C–N with tert-alkyl or cyclic N) is 1. The number of halogens is 1. The molecular formula is C11H21BrN2O4. The van der Waals surface area contributed by atoms with Crippen LogP contribution in [0.25, 0.3) is 0 Å². The van der Waals surface area contributed by atoms with Crippen LogP contribution in [0.3, 0.4) is 0 Å². The summed E-state index contributed by atoms with van der Waals surface area (Å²) < 4.78 is 0. The van der Waals surface area contributed by atoms with Gasteiger partial charge in [0.2, 0.25) is 0 Å². The second-order valence-corrected chi connectivity index (χ2v) is 5.75. The van der Waals surface area contributed by atoms with Gasteiger partial charge in [0.05, 0.1) is 23.6 Å². The molecule has 0 spiro atoms. The number of nitrogens with one attached hydrogen (secondary N) is 1. The number of aliphatic hydroxyl groups is 2. The highest BCUT2D eigenvalue weighted by Gasteiger charge is 2.34. The van der Waals surface area contributed by atoms with E-state index >= 15 is 0 Å². The van der Waals surface area contributed by atoms with E-state index in [9.17, 15) is 15.0 Å². The van der Waals surface area contributed by atoms with Crippen LogP contribution in [0.15, 0.2) is 0 Å². The Hall–Kier alpha value is -0.370. The summed E-state index contributed by atoms with van der Waals surface area (Å²) in [6.45, 7) is 2.67. The average Bonchev–Trinajstić information content (AvgIpc) is 2.38. The maximum absolute atomic E-state index is 10.5. The van der Waals surface area contributed by atoms with Crippen molar-refractivity contribution in [3.63, 3.8) is 0 Å². The summed E-state index contributed by atoms with van der Waals surface area (Å²) in [5, 5.41) is 30.3. The molecule has 0 bridgehead atoms. The molecular weight excluding hydrogens is 304 g/mol. The third kappa shape index (κ3) is 5.09. The number of likely N-dealkylation sites (tertiary alicyclic amines) is 1. The lowest BCUT2D eigenvalue weighted by molar-refractivity contribution is -0.0273. The van der Waals surface area contributed by atoms with E-state index in [2.05, 4.69) is 21.2 Å². The second kappa shape index (κ2) is 7.93. The standard InChI is InChI=1S/C6H10BrNO4.C5H11N/c7-3-1-8(6(11)12)2-4(9)5(3)10;1-2-4-6-5-3-1/h3-5,9-10H,1-2H2,(H,11,12);6H,1-5H2. The zero-order chi connectivity index (χ0) is 13.5. The fourth-order valence-electron chi connectivity index (χ4n) is 1.93. The van der Waals surface area contributed by atoms with Crippen molar-refractivity contribution in [1.82, 2.24) is 10.2 Å². The lowest BCUT2D eigenvalue weighted by atomic mass is 10.1. The van der Waals surface area contributed by atoms with Crippen molar-refractivity contribution in [2.45, 2.75) is 36.3 Å². The Morgan fingerprint density at radius 1 is 1.17 bits per heavy atom. The highest BCUT2D eigenvalue weighted by atomic mass is 79.9. The summed E-state index contributed by atoms with van der Waals surface area (Å²) in [4.78, 5) is 11.1. The Balaban J connectivity index is 0.000000225. The van der Waals surface area contributed by atoms with Gasteiger partial charge in [-0.2, -0.15) is 0 Å². The quantitative estimate of drug-likeness (QED) is 0.478. The maximum atomic E-state index is 10.5. The Morgan fingerprint density at radius 3 is 2.11 bits per heavy atom. The highest BCUT2D eigenvalue weighted by Crippen LogP contribution is 2.18. The molecule has 18 heavy (non-hydrogen) atoms. The number of hydrogen-bond acceptors (Lipinski definition) is 4. The van der Waals surface area contributed by atoms with Gasteiger partial charge in [-0.15, -0.1) is 0 Å². The molecule has 3 atom stereocenters. The molecule has 3 unspecified atom stereocenters. The number of nitrogens with zero attached hydrogens (tertiary/aromatic N) is 1. The molecule has 0 aromatic rings. The minimum absolute atomic E-state index is 0.0292. The van der Waals surface area contributed by atoms with Gasteiger partial charge in [0, 0.05) is 6.54 Å². The SMILES string of the molecule is C1CCNCC1.O=C(O)N1CC(O)C(O)C(Br)C1. The molecule has 2 saturated heterocycles. The molecule has 106 valence electrons. The van der Waals surface area contributed by atoms with Crippen molar-refractivity contribution in [1.29, 1.82) is 0 Å². The summed E-state index contributed by atoms with van der Waals surface area (Å²) >= 11 is 3.09. The van der Waals surface area contributed by atoms with Crippen LogP contribution < -0.4 is 5.32 Å². The lowest BCUT2D eigenvalue weighted by Crippen LogP contribution is -2.54. The van der Waals surface area contributed by atoms with E-state index in [0.29, 0.717) is 0 Å². The van der Waals surface area contributed by atoms with Crippen LogP contribution in [0, 0.1) is 0 Å². The van der Waals surface area contributed by atoms with Crippen molar-refractivity contribution < 1.29 is 20.1 Å². The molecule has 0 aromatic carbocycles. The van der Waals surface area contributed by atoms with Crippen LogP contribution in [0.2, 0.25) is 0 Å². The molecule has 1 amide bonds. The van der Waals surface area contributed by atoms with Crippen LogP contribution in [0.5, 0.6) is 0 Å². The van der Waals surface area contributed by atoms with Crippen LogP contribution in [0.1, 0.15) is 19.3 Å². The van der Waals surface area contributed by atoms with Crippen molar-refractivity contribution in [2.24, 2.45) is 0 Å². The van der Waals surface area contributed by atoms with Crippen molar-refractivity contribution >= 4 is 22.0 Å². The molecule has 2 aliphatic rings. The summed E-state index contributed by atoms with van der Waals surface area (Å²) in [5.41, 5.74) is 0. The molecule has 0 aliphatic carbocycles. The third-order valence-electron chi connectivity index (χ3n) is 3.04. The minimum atomic E-state index is -1.08. The highest BCUT2D eigenvalue weighted by molar-refractivity contribution is 9.09. The molecule has 7 heteroatoms. The topological polar surface area (TPSA) is 93.0 Å². The number of carbonyl (C=O) groups is 1. The Morgan fingerprint density at radius 2 is 1.78 bits per heavy atom. The monoisotopic (exact) mass is 324 g/mol. The fraction of sp³-hybridized carbons (Fsp3) is 0.909. The van der Waals surface area contributed by atoms with Gasteiger partial charge >= 0.3 is 6.09 Å². The van der Waals surface area contributed by atoms with E-state index < -0.39 is 23.1 Å². The Kier molecular flexibility index (Phi) is 6.91. The van der Waals surface area contributed by atoms with Gasteiger partial charge in [0.25, 0.3) is 0 Å². The zero-order valence-corrected chi connectivity index (χ0v) is 11.8. The first-order valence-electron chi connectivity index (χ1n) is 6.21. The molecule has 0 saturated carbocycles. The van der Waals surface area contributed by atoms with Gasteiger partial charge in [0.15, 0.2) is 0 Å². The van der Waals surface area contributed by atoms with Gasteiger partial charge in [-0.1, -0.05) is 22.4 Å². The summed E-state index contributed by atoms with van der Waals surface area (Å²) in [6, 6.07) is 0. The summed E-state index contributed by atoms with van der Waals surface area (Å²) in [6.07, 6.45) is 1.25. The van der Waals surface area contributed by atoms with Gasteiger partial charge in [-0.05, 0) is 25.9 Å². The van der Waals surface area contributed by atoms with Crippen LogP contribution in [0.4, 0.5) is 4.79 Å². The second-order valence-electron chi connectivity index (χ2n) is 4.57. The van der Waals surface area contributed by atoms with Gasteiger partial charge in [0.1, 0.15) is 0 Å². The largest absolute Gasteiger partial charge is 0.465 e. The molecule has 6 nitrogen and oxygen atoms in total. The fourth-order valence-corrected chi connectivity index (χ4v) is 2.63. The van der Waals surface area contributed by atoms with Crippen molar-refractivity contribution in [3.05, 3.63) is 0 Å². The predicted octanol–water partition coefficient (Wildman–Crippen LogP) is 0.225. The van der Waals surface area contributed by atoms with E-state index in [1.807, 2.05) is 0 Å². The minimum Gasteiger partial charge on any atom is -0.465 e. The van der Waals surface area contributed by atoms with E-state index in [-0.39, 0.29) is 13.1 Å². The molecule has 0 radical (unpaired) electrons. The van der Waals surface area contributed by atoms with E-state index in [1.54, 1.807) is 0 Å². The van der Waals surface area contributed by atoms with E-state index in [1.165, 1.54) is 32.4 Å². The zero-order valence-electron chi connectivity index (χ0n) is 10.3. The van der Waals surface area contributed by atoms with Crippen molar-refractivity contribution in [2.75, 3.05) is 26.2 Å². The van der Waals surface area contributed by atoms with Crippen molar-refractivity contribution in [3.8, 4) is 0 Å². The number of rotatable bonds is 0. The number of carboxylic acid groups (broad SMARTS) is 1. The summed E-state index contributed by atoms with van der Waals surface area (Å²) in [7, 11) is 0. The molecule has 2 fully saturated rings. The molecule has 2 heterocycles. The normalized spacial score (nSPS) is 32.4. The first-order chi connectivity index (χ1) is 8.52. The first kappa shape index (κ1) is 15.7. The van der Waals surface area contributed by atoms with Crippen LogP contribution in [-0.2, 0) is 0 Å². The van der Waals surface area contributed by atoms with Gasteiger partial charge < -0.3 is 25.5 Å². The summed E-state index contributed by atoms with van der Waals surface area (Å²) in [5.74, 6) is 0. The average molecular weight is 325 g/mol. The van der Waals surface area contributed by atoms with E-state index in [0.717, 1.165) is 4.90 Å². The first-order valence-corrected chi connectivity index (χ1v) is 7.12. The maximum Gasteiger partial charge on any atom is 0.407 e. The lowest BCUT2D eigenvalue weighted by Gasteiger charge is -2.35. The van der Waals surface area contributed by atoms with Gasteiger partial charge in [-0.3, -0.25) is 0 Å².